The van der Waals surface area contributed by atoms with Crippen LogP contribution in [0.4, 0.5) is 4.79 Å². The molecule has 0 aromatic heterocycles. The number of nitrogens with zero attached hydrogens (tertiary/aromatic N) is 3. The normalized spacial score (nSPS) is 24.7. The first-order chi connectivity index (χ1) is 13.6. The van der Waals surface area contributed by atoms with Gasteiger partial charge in [0.05, 0.1) is 5.92 Å². The van der Waals surface area contributed by atoms with Crippen LogP contribution in [0.1, 0.15) is 31.2 Å². The van der Waals surface area contributed by atoms with Crippen molar-refractivity contribution < 1.29 is 9.59 Å². The number of amides is 3. The highest BCUT2D eigenvalue weighted by Crippen LogP contribution is 2.49. The predicted molar refractivity (Wildman–Crippen MR) is 109 cm³/mol. The van der Waals surface area contributed by atoms with E-state index in [1.165, 1.54) is 12.8 Å². The summed E-state index contributed by atoms with van der Waals surface area (Å²) in [6, 6.07) is 9.93. The first-order valence-corrected chi connectivity index (χ1v) is 10.6. The molecule has 3 fully saturated rings. The Hall–Kier alpha value is -2.08. The minimum absolute atomic E-state index is 0.00941. The molecule has 4 rings (SSSR count). The number of benzene rings is 1. The molecule has 2 saturated heterocycles. The lowest BCUT2D eigenvalue weighted by Crippen LogP contribution is -2.51. The van der Waals surface area contributed by atoms with Crippen LogP contribution in [-0.4, -0.2) is 73.0 Å². The number of hydrogen-bond acceptors (Lipinski definition) is 3. The predicted octanol–water partition coefficient (Wildman–Crippen LogP) is 2.16. The smallest absolute Gasteiger partial charge is 0.317 e. The Bertz CT molecular complexity index is 694. The molecule has 1 aromatic rings. The van der Waals surface area contributed by atoms with Crippen molar-refractivity contribution in [2.45, 2.75) is 32.2 Å². The molecule has 1 aliphatic carbocycles. The van der Waals surface area contributed by atoms with Crippen LogP contribution in [0.5, 0.6) is 0 Å². The van der Waals surface area contributed by atoms with E-state index >= 15 is 0 Å². The molecule has 0 radical (unpaired) electrons. The molecule has 1 unspecified atom stereocenters. The third-order valence-electron chi connectivity index (χ3n) is 6.93. The van der Waals surface area contributed by atoms with Gasteiger partial charge in [-0.25, -0.2) is 4.79 Å². The van der Waals surface area contributed by atoms with E-state index in [9.17, 15) is 9.59 Å². The summed E-state index contributed by atoms with van der Waals surface area (Å²) in [4.78, 5) is 32.4. The van der Waals surface area contributed by atoms with Gasteiger partial charge in [0, 0.05) is 51.2 Å². The average Bonchev–Trinajstić information content (AvgIpc) is 3.35. The highest BCUT2D eigenvalue weighted by molar-refractivity contribution is 5.83. The summed E-state index contributed by atoms with van der Waals surface area (Å²) in [5.41, 5.74) is 1.08. The van der Waals surface area contributed by atoms with Gasteiger partial charge in [0.1, 0.15) is 0 Å². The maximum Gasteiger partial charge on any atom is 0.317 e. The minimum Gasteiger partial charge on any atom is -0.340 e. The molecule has 3 aliphatic rings. The molecule has 1 saturated carbocycles. The molecule has 1 atom stereocenters. The van der Waals surface area contributed by atoms with Crippen molar-refractivity contribution in [1.29, 1.82) is 0 Å². The van der Waals surface area contributed by atoms with Crippen LogP contribution in [0.25, 0.3) is 0 Å². The Balaban J connectivity index is 1.42. The van der Waals surface area contributed by atoms with Crippen LogP contribution >= 0.6 is 0 Å². The van der Waals surface area contributed by atoms with Crippen molar-refractivity contribution in [3.05, 3.63) is 35.9 Å². The number of carbonyl (C=O) groups is 2. The van der Waals surface area contributed by atoms with Crippen molar-refractivity contribution in [2.24, 2.45) is 11.3 Å². The number of carbonyl (C=O) groups excluding carboxylic acids is 2. The third-order valence-corrected chi connectivity index (χ3v) is 6.93. The second-order valence-corrected chi connectivity index (χ2v) is 8.78. The van der Waals surface area contributed by atoms with Gasteiger partial charge in [-0.15, -0.1) is 0 Å². The van der Waals surface area contributed by atoms with E-state index in [0.29, 0.717) is 13.1 Å². The number of likely N-dealkylation sites (N-methyl/N-ethyl adjacent to an activating group) is 1. The van der Waals surface area contributed by atoms with Crippen molar-refractivity contribution in [2.75, 3.05) is 46.3 Å². The van der Waals surface area contributed by atoms with E-state index in [1.54, 1.807) is 0 Å². The number of likely N-dealkylation sites (tertiary alicyclic amines) is 1. The van der Waals surface area contributed by atoms with Gasteiger partial charge in [-0.3, -0.25) is 4.79 Å². The van der Waals surface area contributed by atoms with Gasteiger partial charge >= 0.3 is 6.03 Å². The summed E-state index contributed by atoms with van der Waals surface area (Å²) in [6.07, 6.45) is 4.48. The molecule has 3 amide bonds. The Morgan fingerprint density at radius 2 is 1.71 bits per heavy atom. The summed E-state index contributed by atoms with van der Waals surface area (Å²) in [5.74, 6) is 0.231. The fourth-order valence-electron chi connectivity index (χ4n) is 5.18. The molecule has 0 bridgehead atoms. The van der Waals surface area contributed by atoms with Crippen LogP contribution in [0.3, 0.4) is 0 Å². The van der Waals surface area contributed by atoms with Crippen molar-refractivity contribution in [3.8, 4) is 0 Å². The quantitative estimate of drug-likeness (QED) is 0.869. The van der Waals surface area contributed by atoms with Crippen LogP contribution in [0, 0.1) is 11.3 Å². The number of hydrogen-bond donors (Lipinski definition) is 1. The molecule has 2 aliphatic heterocycles. The van der Waals surface area contributed by atoms with Gasteiger partial charge in [-0.05, 0) is 25.5 Å². The summed E-state index contributed by atoms with van der Waals surface area (Å²) in [7, 11) is 2.11. The second kappa shape index (κ2) is 8.11. The molecule has 1 aromatic carbocycles. The zero-order chi connectivity index (χ0) is 19.6. The van der Waals surface area contributed by atoms with Gasteiger partial charge in [-0.1, -0.05) is 43.2 Å². The molecular formula is C22H32N4O2. The van der Waals surface area contributed by atoms with Crippen molar-refractivity contribution >= 4 is 11.9 Å². The Morgan fingerprint density at radius 1 is 1.04 bits per heavy atom. The molecule has 6 heteroatoms. The Morgan fingerprint density at radius 3 is 2.39 bits per heavy atom. The third kappa shape index (κ3) is 3.88. The van der Waals surface area contributed by atoms with Crippen molar-refractivity contribution in [3.63, 3.8) is 0 Å². The fraction of sp³-hybridized carbons (Fsp3) is 0.636. The van der Waals surface area contributed by atoms with E-state index in [-0.39, 0.29) is 23.3 Å². The molecule has 152 valence electrons. The number of urea groups is 1. The maximum atomic E-state index is 13.4. The molecular weight excluding hydrogens is 352 g/mol. The number of nitrogens with one attached hydrogen (secondary N) is 1. The minimum atomic E-state index is -0.0409. The zero-order valence-electron chi connectivity index (χ0n) is 16.9. The van der Waals surface area contributed by atoms with Crippen LogP contribution < -0.4 is 5.32 Å². The summed E-state index contributed by atoms with van der Waals surface area (Å²) < 4.78 is 0. The molecule has 6 nitrogen and oxygen atoms in total. The lowest BCUT2D eigenvalue weighted by Gasteiger charge is -2.37. The second-order valence-electron chi connectivity index (χ2n) is 8.78. The van der Waals surface area contributed by atoms with Crippen LogP contribution in [0.15, 0.2) is 30.3 Å². The van der Waals surface area contributed by atoms with E-state index < -0.39 is 0 Å². The van der Waals surface area contributed by atoms with E-state index in [0.717, 1.165) is 51.1 Å². The van der Waals surface area contributed by atoms with E-state index in [2.05, 4.69) is 17.3 Å². The highest BCUT2D eigenvalue weighted by Gasteiger charge is 2.53. The fourth-order valence-corrected chi connectivity index (χ4v) is 5.18. The summed E-state index contributed by atoms with van der Waals surface area (Å²) >= 11 is 0. The van der Waals surface area contributed by atoms with Crippen LogP contribution in [-0.2, 0) is 11.3 Å². The molecule has 2 heterocycles. The van der Waals surface area contributed by atoms with Gasteiger partial charge in [-0.2, -0.15) is 0 Å². The summed E-state index contributed by atoms with van der Waals surface area (Å²) in [5, 5.41) is 3.05. The maximum absolute atomic E-state index is 13.4. The molecule has 1 spiro atoms. The van der Waals surface area contributed by atoms with Gasteiger partial charge in [0.25, 0.3) is 0 Å². The SMILES string of the molecule is CN1CCN(C(=O)C2CN(C(=O)NCc3ccccc3)CC23CCCC3)CC1. The highest BCUT2D eigenvalue weighted by atomic mass is 16.2. The van der Waals surface area contributed by atoms with Gasteiger partial charge in [0.2, 0.25) is 5.91 Å². The summed E-state index contributed by atoms with van der Waals surface area (Å²) in [6.45, 7) is 5.30. The number of rotatable bonds is 3. The average molecular weight is 385 g/mol. The van der Waals surface area contributed by atoms with E-state index in [1.807, 2.05) is 40.1 Å². The standard InChI is InChI=1S/C22H32N4O2/c1-24-11-13-25(14-12-24)20(27)19-16-26(17-22(19)9-5-6-10-22)21(28)23-15-18-7-3-2-4-8-18/h2-4,7-8,19H,5-6,9-17H2,1H3,(H,23,28). The lowest BCUT2D eigenvalue weighted by molar-refractivity contribution is -0.139. The topological polar surface area (TPSA) is 55.9 Å². The van der Waals surface area contributed by atoms with Crippen molar-refractivity contribution in [1.82, 2.24) is 20.0 Å². The molecule has 28 heavy (non-hydrogen) atoms. The van der Waals surface area contributed by atoms with Crippen LogP contribution in [0.2, 0.25) is 0 Å². The first kappa shape index (κ1) is 19.2. The lowest BCUT2D eigenvalue weighted by atomic mass is 9.76. The largest absolute Gasteiger partial charge is 0.340 e. The monoisotopic (exact) mass is 384 g/mol. The van der Waals surface area contributed by atoms with E-state index in [4.69, 9.17) is 0 Å². The van der Waals surface area contributed by atoms with Gasteiger partial charge < -0.3 is 20.0 Å². The molecule has 1 N–H and O–H groups in total. The number of piperazine rings is 1. The Kier molecular flexibility index (Phi) is 5.58. The van der Waals surface area contributed by atoms with Gasteiger partial charge in [0.15, 0.2) is 0 Å². The zero-order valence-corrected chi connectivity index (χ0v) is 16.9. The Labute approximate surface area is 167 Å². The first-order valence-electron chi connectivity index (χ1n) is 10.6.